The summed E-state index contributed by atoms with van der Waals surface area (Å²) < 4.78 is 0. The molecule has 88 valence electrons. The molecule has 2 heteroatoms. The van der Waals surface area contributed by atoms with E-state index in [1.807, 2.05) is 12.3 Å². The van der Waals surface area contributed by atoms with E-state index in [-0.39, 0.29) is 0 Å². The Balaban J connectivity index is 1.96. The molecule has 0 spiro atoms. The molecule has 2 heterocycles. The van der Waals surface area contributed by atoms with Crippen LogP contribution in [0.5, 0.6) is 0 Å². The van der Waals surface area contributed by atoms with Gasteiger partial charge >= 0.3 is 0 Å². The summed E-state index contributed by atoms with van der Waals surface area (Å²) in [5.41, 5.74) is 0.455. The van der Waals surface area contributed by atoms with Gasteiger partial charge in [0.15, 0.2) is 0 Å². The molecular weight excluding hydrogens is 196 g/mol. The van der Waals surface area contributed by atoms with E-state index in [9.17, 15) is 0 Å². The van der Waals surface area contributed by atoms with Gasteiger partial charge in [-0.15, -0.1) is 0 Å². The predicted octanol–water partition coefficient (Wildman–Crippen LogP) is 3.34. The number of pyridine rings is 1. The van der Waals surface area contributed by atoms with Crippen LogP contribution in [0.15, 0.2) is 24.4 Å². The Labute approximate surface area is 98.7 Å². The normalized spacial score (nSPS) is 18.8. The first-order chi connectivity index (χ1) is 7.57. The van der Waals surface area contributed by atoms with Crippen LogP contribution in [0.1, 0.15) is 33.6 Å². The summed E-state index contributed by atoms with van der Waals surface area (Å²) in [7, 11) is 0. The first kappa shape index (κ1) is 11.4. The van der Waals surface area contributed by atoms with Crippen molar-refractivity contribution in [1.29, 1.82) is 0 Å². The highest BCUT2D eigenvalue weighted by Gasteiger charge is 2.28. The van der Waals surface area contributed by atoms with Gasteiger partial charge in [0.05, 0.1) is 0 Å². The Morgan fingerprint density at radius 1 is 1.19 bits per heavy atom. The van der Waals surface area contributed by atoms with E-state index >= 15 is 0 Å². The molecule has 0 radical (unpaired) electrons. The molecule has 1 aromatic heterocycles. The first-order valence-corrected chi connectivity index (χ1v) is 6.23. The van der Waals surface area contributed by atoms with Crippen LogP contribution in [0.2, 0.25) is 0 Å². The van der Waals surface area contributed by atoms with Crippen LogP contribution in [0, 0.1) is 11.3 Å². The van der Waals surface area contributed by atoms with Crippen molar-refractivity contribution in [3.05, 3.63) is 24.4 Å². The van der Waals surface area contributed by atoms with Crippen molar-refractivity contribution in [2.45, 2.75) is 33.6 Å². The van der Waals surface area contributed by atoms with Crippen LogP contribution in [-0.4, -0.2) is 18.1 Å². The zero-order valence-electron chi connectivity index (χ0n) is 10.6. The third-order valence-electron chi connectivity index (χ3n) is 3.69. The number of rotatable bonds is 1. The predicted molar refractivity (Wildman–Crippen MR) is 68.6 cm³/mol. The molecule has 0 aliphatic carbocycles. The molecule has 1 aliphatic heterocycles. The molecule has 2 nitrogen and oxygen atoms in total. The monoisotopic (exact) mass is 218 g/mol. The third kappa shape index (κ3) is 2.55. The molecule has 16 heavy (non-hydrogen) atoms. The molecule has 0 N–H and O–H groups in total. The minimum Gasteiger partial charge on any atom is -0.357 e. The smallest absolute Gasteiger partial charge is 0.128 e. The fourth-order valence-corrected chi connectivity index (χ4v) is 2.52. The minimum atomic E-state index is 0.455. The van der Waals surface area contributed by atoms with Gasteiger partial charge in [0.2, 0.25) is 0 Å². The van der Waals surface area contributed by atoms with Gasteiger partial charge < -0.3 is 4.90 Å². The summed E-state index contributed by atoms with van der Waals surface area (Å²) in [5, 5.41) is 0. The van der Waals surface area contributed by atoms with Crippen molar-refractivity contribution < 1.29 is 0 Å². The first-order valence-electron chi connectivity index (χ1n) is 6.23. The quantitative estimate of drug-likeness (QED) is 0.718. The molecule has 0 aromatic carbocycles. The average molecular weight is 218 g/mol. The lowest BCUT2D eigenvalue weighted by atomic mass is 9.75. The van der Waals surface area contributed by atoms with E-state index in [0.717, 1.165) is 24.8 Å². The highest BCUT2D eigenvalue weighted by Crippen LogP contribution is 2.34. The Hall–Kier alpha value is -1.05. The van der Waals surface area contributed by atoms with Crippen LogP contribution >= 0.6 is 0 Å². The zero-order valence-corrected chi connectivity index (χ0v) is 10.6. The van der Waals surface area contributed by atoms with Crippen molar-refractivity contribution in [1.82, 2.24) is 4.98 Å². The zero-order chi connectivity index (χ0) is 11.6. The lowest BCUT2D eigenvalue weighted by Crippen LogP contribution is -2.38. The summed E-state index contributed by atoms with van der Waals surface area (Å²) in [4.78, 5) is 6.82. The maximum absolute atomic E-state index is 4.42. The lowest BCUT2D eigenvalue weighted by Gasteiger charge is -2.39. The largest absolute Gasteiger partial charge is 0.357 e. The fraction of sp³-hybridized carbons (Fsp3) is 0.643. The summed E-state index contributed by atoms with van der Waals surface area (Å²) >= 11 is 0. The standard InChI is InChI=1S/C14H22N2/c1-14(2,3)12-7-10-16(11-8-12)13-6-4-5-9-15-13/h4-6,9,12H,7-8,10-11H2,1-3H3. The Morgan fingerprint density at radius 2 is 1.88 bits per heavy atom. The Morgan fingerprint density at radius 3 is 2.38 bits per heavy atom. The number of piperidine rings is 1. The molecule has 0 atom stereocenters. The summed E-state index contributed by atoms with van der Waals surface area (Å²) in [5.74, 6) is 1.99. The van der Waals surface area contributed by atoms with Gasteiger partial charge in [-0.05, 0) is 36.3 Å². The Bertz CT molecular complexity index is 318. The van der Waals surface area contributed by atoms with Gasteiger partial charge in [0, 0.05) is 19.3 Å². The summed E-state index contributed by atoms with van der Waals surface area (Å²) in [6, 6.07) is 6.15. The van der Waals surface area contributed by atoms with Gasteiger partial charge in [0.25, 0.3) is 0 Å². The molecular formula is C14H22N2. The van der Waals surface area contributed by atoms with Crippen LogP contribution in [-0.2, 0) is 0 Å². The van der Waals surface area contributed by atoms with Crippen LogP contribution in [0.4, 0.5) is 5.82 Å². The Kier molecular flexibility index (Phi) is 3.17. The van der Waals surface area contributed by atoms with Crippen molar-refractivity contribution in [3.63, 3.8) is 0 Å². The lowest BCUT2D eigenvalue weighted by molar-refractivity contribution is 0.198. The molecule has 1 fully saturated rings. The highest BCUT2D eigenvalue weighted by atomic mass is 15.2. The van der Waals surface area contributed by atoms with Crippen molar-refractivity contribution in [3.8, 4) is 0 Å². The average Bonchev–Trinajstić information content (AvgIpc) is 2.29. The van der Waals surface area contributed by atoms with Crippen molar-refractivity contribution in [2.75, 3.05) is 18.0 Å². The summed E-state index contributed by atoms with van der Waals surface area (Å²) in [6.07, 6.45) is 4.46. The molecule has 0 bridgehead atoms. The number of nitrogens with zero attached hydrogens (tertiary/aromatic N) is 2. The number of anilines is 1. The molecule has 0 unspecified atom stereocenters. The molecule has 2 rings (SSSR count). The van der Waals surface area contributed by atoms with E-state index in [4.69, 9.17) is 0 Å². The van der Waals surface area contributed by atoms with E-state index in [1.54, 1.807) is 0 Å². The molecule has 0 saturated carbocycles. The van der Waals surface area contributed by atoms with Gasteiger partial charge in [-0.2, -0.15) is 0 Å². The number of aromatic nitrogens is 1. The fourth-order valence-electron chi connectivity index (χ4n) is 2.52. The minimum absolute atomic E-state index is 0.455. The SMILES string of the molecule is CC(C)(C)C1CCN(c2ccccn2)CC1. The maximum Gasteiger partial charge on any atom is 0.128 e. The molecule has 1 aliphatic rings. The van der Waals surface area contributed by atoms with Gasteiger partial charge in [-0.3, -0.25) is 0 Å². The maximum atomic E-state index is 4.42. The molecule has 1 aromatic rings. The number of hydrogen-bond acceptors (Lipinski definition) is 2. The van der Waals surface area contributed by atoms with Gasteiger partial charge in [-0.25, -0.2) is 4.98 Å². The molecule has 1 saturated heterocycles. The van der Waals surface area contributed by atoms with Gasteiger partial charge in [0.1, 0.15) is 5.82 Å². The van der Waals surface area contributed by atoms with E-state index in [2.05, 4.69) is 42.8 Å². The van der Waals surface area contributed by atoms with Crippen molar-refractivity contribution in [2.24, 2.45) is 11.3 Å². The van der Waals surface area contributed by atoms with Gasteiger partial charge in [-0.1, -0.05) is 26.8 Å². The summed E-state index contributed by atoms with van der Waals surface area (Å²) in [6.45, 7) is 9.37. The topological polar surface area (TPSA) is 16.1 Å². The second kappa shape index (κ2) is 4.44. The van der Waals surface area contributed by atoms with Crippen molar-refractivity contribution >= 4 is 5.82 Å². The van der Waals surface area contributed by atoms with Crippen LogP contribution < -0.4 is 4.90 Å². The van der Waals surface area contributed by atoms with E-state index in [1.165, 1.54) is 12.8 Å². The van der Waals surface area contributed by atoms with E-state index in [0.29, 0.717) is 5.41 Å². The third-order valence-corrected chi connectivity index (χ3v) is 3.69. The van der Waals surface area contributed by atoms with Crippen LogP contribution in [0.3, 0.4) is 0 Å². The second-order valence-corrected chi connectivity index (χ2v) is 5.82. The van der Waals surface area contributed by atoms with E-state index < -0.39 is 0 Å². The number of hydrogen-bond donors (Lipinski definition) is 0. The van der Waals surface area contributed by atoms with Crippen LogP contribution in [0.25, 0.3) is 0 Å². The highest BCUT2D eigenvalue weighted by molar-refractivity contribution is 5.37. The molecule has 0 amide bonds. The second-order valence-electron chi connectivity index (χ2n) is 5.82.